The number of nitrogens with zero attached hydrogens (tertiary/aromatic N) is 1. The van der Waals surface area contributed by atoms with E-state index >= 15 is 0 Å². The number of aromatic nitrogens is 1. The zero-order chi connectivity index (χ0) is 15.4. The van der Waals surface area contributed by atoms with Crippen molar-refractivity contribution in [3.05, 3.63) is 53.3 Å². The Kier molecular flexibility index (Phi) is 4.67. The summed E-state index contributed by atoms with van der Waals surface area (Å²) < 4.78 is 0. The van der Waals surface area contributed by atoms with Crippen LogP contribution < -0.4 is 0 Å². The predicted octanol–water partition coefficient (Wildman–Crippen LogP) is 5.00. The van der Waals surface area contributed by atoms with Crippen LogP contribution in [-0.4, -0.2) is 10.8 Å². The zero-order valence-electron chi connectivity index (χ0n) is 13.3. The molecule has 22 heavy (non-hydrogen) atoms. The van der Waals surface area contributed by atoms with Crippen molar-refractivity contribution in [1.82, 2.24) is 4.98 Å². The van der Waals surface area contributed by atoms with Gasteiger partial charge >= 0.3 is 0 Å². The fourth-order valence-electron chi connectivity index (χ4n) is 3.30. The molecule has 2 aromatic rings. The fraction of sp³-hybridized carbons (Fsp3) is 0.400. The number of rotatable bonds is 5. The molecule has 0 atom stereocenters. The van der Waals surface area contributed by atoms with E-state index in [0.29, 0.717) is 6.42 Å². The molecule has 2 nitrogen and oxygen atoms in total. The number of unbranched alkanes of at least 4 members (excludes halogenated alkanes) is 1. The van der Waals surface area contributed by atoms with Crippen molar-refractivity contribution < 1.29 is 4.79 Å². The second-order valence-electron chi connectivity index (χ2n) is 6.13. The van der Waals surface area contributed by atoms with Gasteiger partial charge in [-0.2, -0.15) is 0 Å². The Morgan fingerprint density at radius 3 is 2.68 bits per heavy atom. The highest BCUT2D eigenvalue weighted by molar-refractivity contribution is 5.97. The first kappa shape index (κ1) is 15.0. The minimum absolute atomic E-state index is 0.283. The van der Waals surface area contributed by atoms with Gasteiger partial charge in [0.2, 0.25) is 0 Å². The van der Waals surface area contributed by atoms with Crippen LogP contribution in [0.15, 0.2) is 36.7 Å². The van der Waals surface area contributed by atoms with E-state index in [1.165, 1.54) is 35.1 Å². The van der Waals surface area contributed by atoms with Crippen molar-refractivity contribution in [2.75, 3.05) is 0 Å². The summed E-state index contributed by atoms with van der Waals surface area (Å²) in [5, 5.41) is 0. The van der Waals surface area contributed by atoms with Gasteiger partial charge in [-0.15, -0.1) is 0 Å². The lowest BCUT2D eigenvalue weighted by Gasteiger charge is -2.21. The molecule has 1 aromatic heterocycles. The van der Waals surface area contributed by atoms with E-state index in [1.807, 2.05) is 24.5 Å². The van der Waals surface area contributed by atoms with Gasteiger partial charge in [0.15, 0.2) is 5.78 Å². The maximum Gasteiger partial charge on any atom is 0.162 e. The molecule has 0 spiro atoms. The number of ketones is 1. The standard InChI is InChI=1S/C20H23NO/c1-2-3-8-20(22)17-13-16-6-4-5-7-18(16)19(14-17)15-9-11-21-12-10-15/h9-14H,2-8H2,1H3. The lowest BCUT2D eigenvalue weighted by atomic mass is 9.83. The van der Waals surface area contributed by atoms with Crippen molar-refractivity contribution in [2.24, 2.45) is 0 Å². The summed E-state index contributed by atoms with van der Waals surface area (Å²) >= 11 is 0. The highest BCUT2D eigenvalue weighted by Gasteiger charge is 2.18. The molecule has 0 fully saturated rings. The average molecular weight is 293 g/mol. The molecule has 0 saturated carbocycles. The molecule has 0 saturated heterocycles. The lowest BCUT2D eigenvalue weighted by Crippen LogP contribution is -2.08. The number of carbonyl (C=O) groups is 1. The molecule has 0 amide bonds. The number of hydrogen-bond acceptors (Lipinski definition) is 2. The van der Waals surface area contributed by atoms with Crippen LogP contribution in [0.5, 0.6) is 0 Å². The van der Waals surface area contributed by atoms with Crippen molar-refractivity contribution in [3.8, 4) is 11.1 Å². The first-order valence-electron chi connectivity index (χ1n) is 8.39. The van der Waals surface area contributed by atoms with Gasteiger partial charge in [-0.1, -0.05) is 13.3 Å². The van der Waals surface area contributed by atoms with Crippen molar-refractivity contribution >= 4 is 5.78 Å². The fourth-order valence-corrected chi connectivity index (χ4v) is 3.30. The van der Waals surface area contributed by atoms with E-state index in [4.69, 9.17) is 0 Å². The third-order valence-electron chi connectivity index (χ3n) is 4.54. The molecular weight excluding hydrogens is 270 g/mol. The van der Waals surface area contributed by atoms with E-state index in [0.717, 1.165) is 31.2 Å². The normalized spacial score (nSPS) is 13.7. The molecule has 0 unspecified atom stereocenters. The van der Waals surface area contributed by atoms with Gasteiger partial charge in [-0.25, -0.2) is 0 Å². The van der Waals surface area contributed by atoms with Crippen LogP contribution in [-0.2, 0) is 12.8 Å². The molecule has 0 bridgehead atoms. The molecule has 1 aromatic carbocycles. The van der Waals surface area contributed by atoms with Crippen LogP contribution in [0, 0.1) is 0 Å². The molecule has 2 heteroatoms. The van der Waals surface area contributed by atoms with Crippen LogP contribution in [0.1, 0.15) is 60.5 Å². The Hall–Kier alpha value is -1.96. The molecule has 3 rings (SSSR count). The minimum Gasteiger partial charge on any atom is -0.294 e. The number of Topliss-reactive ketones (excluding diaryl/α,β-unsaturated/α-hetero) is 1. The summed E-state index contributed by atoms with van der Waals surface area (Å²) in [7, 11) is 0. The Morgan fingerprint density at radius 2 is 1.91 bits per heavy atom. The van der Waals surface area contributed by atoms with Gasteiger partial charge in [-0.05, 0) is 78.6 Å². The zero-order valence-corrected chi connectivity index (χ0v) is 13.3. The number of benzene rings is 1. The first-order chi connectivity index (χ1) is 10.8. The van der Waals surface area contributed by atoms with Crippen molar-refractivity contribution in [1.29, 1.82) is 0 Å². The highest BCUT2D eigenvalue weighted by atomic mass is 16.1. The van der Waals surface area contributed by atoms with Crippen LogP contribution in [0.3, 0.4) is 0 Å². The summed E-state index contributed by atoms with van der Waals surface area (Å²) in [5.41, 5.74) is 6.11. The van der Waals surface area contributed by atoms with Crippen LogP contribution in [0.4, 0.5) is 0 Å². The molecule has 1 aliphatic carbocycles. The quantitative estimate of drug-likeness (QED) is 0.726. The van der Waals surface area contributed by atoms with Gasteiger partial charge in [0.1, 0.15) is 0 Å². The van der Waals surface area contributed by atoms with Crippen LogP contribution in [0.2, 0.25) is 0 Å². The van der Waals surface area contributed by atoms with E-state index < -0.39 is 0 Å². The summed E-state index contributed by atoms with van der Waals surface area (Å²) in [5.74, 6) is 0.283. The summed E-state index contributed by atoms with van der Waals surface area (Å²) in [4.78, 5) is 16.6. The van der Waals surface area contributed by atoms with Crippen molar-refractivity contribution in [3.63, 3.8) is 0 Å². The summed E-state index contributed by atoms with van der Waals surface area (Å²) in [6.07, 6.45) is 11.0. The Bertz CT molecular complexity index is 661. The Morgan fingerprint density at radius 1 is 1.14 bits per heavy atom. The first-order valence-corrected chi connectivity index (χ1v) is 8.39. The summed E-state index contributed by atoms with van der Waals surface area (Å²) in [6.45, 7) is 2.13. The summed E-state index contributed by atoms with van der Waals surface area (Å²) in [6, 6.07) is 8.35. The molecular formula is C20H23NO. The molecule has 1 heterocycles. The monoisotopic (exact) mass is 293 g/mol. The Balaban J connectivity index is 2.05. The lowest BCUT2D eigenvalue weighted by molar-refractivity contribution is 0.0979. The predicted molar refractivity (Wildman–Crippen MR) is 90.2 cm³/mol. The highest BCUT2D eigenvalue weighted by Crippen LogP contribution is 2.33. The van der Waals surface area contributed by atoms with Crippen LogP contribution in [0.25, 0.3) is 11.1 Å². The number of hydrogen-bond donors (Lipinski definition) is 0. The second-order valence-corrected chi connectivity index (χ2v) is 6.13. The average Bonchev–Trinajstić information content (AvgIpc) is 2.59. The minimum atomic E-state index is 0.283. The molecule has 0 N–H and O–H groups in total. The van der Waals surface area contributed by atoms with E-state index in [1.54, 1.807) is 0 Å². The third kappa shape index (κ3) is 3.11. The van der Waals surface area contributed by atoms with Gasteiger partial charge in [0, 0.05) is 24.4 Å². The molecule has 114 valence electrons. The van der Waals surface area contributed by atoms with E-state index in [9.17, 15) is 4.79 Å². The van der Waals surface area contributed by atoms with Gasteiger partial charge in [0.25, 0.3) is 0 Å². The maximum atomic E-state index is 12.5. The second kappa shape index (κ2) is 6.87. The number of aryl methyl sites for hydroxylation is 1. The number of pyridine rings is 1. The van der Waals surface area contributed by atoms with E-state index in [2.05, 4.69) is 24.0 Å². The van der Waals surface area contributed by atoms with Crippen molar-refractivity contribution in [2.45, 2.75) is 51.9 Å². The van der Waals surface area contributed by atoms with E-state index in [-0.39, 0.29) is 5.78 Å². The maximum absolute atomic E-state index is 12.5. The largest absolute Gasteiger partial charge is 0.294 e. The Labute approximate surface area is 132 Å². The molecule has 0 radical (unpaired) electrons. The van der Waals surface area contributed by atoms with Gasteiger partial charge in [0.05, 0.1) is 0 Å². The topological polar surface area (TPSA) is 30.0 Å². The third-order valence-corrected chi connectivity index (χ3v) is 4.54. The van der Waals surface area contributed by atoms with Gasteiger partial charge < -0.3 is 0 Å². The molecule has 1 aliphatic rings. The van der Waals surface area contributed by atoms with Crippen LogP contribution >= 0.6 is 0 Å². The van der Waals surface area contributed by atoms with Gasteiger partial charge in [-0.3, -0.25) is 9.78 Å². The smallest absolute Gasteiger partial charge is 0.162 e. The molecule has 0 aliphatic heterocycles. The number of fused-ring (bicyclic) bond motifs is 1. The SMILES string of the molecule is CCCCC(=O)c1cc2c(c(-c3ccncc3)c1)CCCC2. The number of carbonyl (C=O) groups excluding carboxylic acids is 1.